The molecule has 0 aromatic heterocycles. The summed E-state index contributed by atoms with van der Waals surface area (Å²) in [6.07, 6.45) is 1.29. The Kier molecular flexibility index (Phi) is 6.49. The Bertz CT molecular complexity index is 978. The summed E-state index contributed by atoms with van der Waals surface area (Å²) in [5, 5.41) is 25.4. The van der Waals surface area contributed by atoms with Crippen LogP contribution in [0.3, 0.4) is 0 Å². The van der Waals surface area contributed by atoms with Crippen LogP contribution in [-0.2, 0) is 10.4 Å². The van der Waals surface area contributed by atoms with Crippen LogP contribution in [0.25, 0.3) is 0 Å². The van der Waals surface area contributed by atoms with Gasteiger partial charge in [-0.1, -0.05) is 60.7 Å². The molecule has 0 aliphatic carbocycles. The highest BCUT2D eigenvalue weighted by atomic mass is 16.5. The van der Waals surface area contributed by atoms with Crippen LogP contribution in [0.5, 0.6) is 11.5 Å². The van der Waals surface area contributed by atoms with Gasteiger partial charge in [-0.15, -0.1) is 0 Å². The molecule has 3 aromatic carbocycles. The van der Waals surface area contributed by atoms with E-state index in [-0.39, 0.29) is 11.9 Å². The summed E-state index contributed by atoms with van der Waals surface area (Å²) in [5.74, 6) is -0.214. The number of phenolic OH excluding ortho intramolecular Hbond substituents is 1. The molecule has 3 rings (SSSR count). The lowest BCUT2D eigenvalue weighted by Gasteiger charge is -2.27. The first kappa shape index (κ1) is 21.1. The van der Waals surface area contributed by atoms with Gasteiger partial charge in [-0.3, -0.25) is 4.79 Å². The van der Waals surface area contributed by atoms with E-state index in [0.29, 0.717) is 22.4 Å². The number of rotatable bonds is 7. The monoisotopic (exact) mass is 404 g/mol. The van der Waals surface area contributed by atoms with Crippen molar-refractivity contribution in [1.29, 1.82) is 0 Å². The highest BCUT2D eigenvalue weighted by Crippen LogP contribution is 2.30. The molecule has 0 heterocycles. The van der Waals surface area contributed by atoms with Gasteiger partial charge < -0.3 is 14.9 Å². The molecule has 0 bridgehead atoms. The van der Waals surface area contributed by atoms with Crippen LogP contribution in [0.15, 0.2) is 84.0 Å². The third-order valence-electron chi connectivity index (χ3n) is 4.46. The van der Waals surface area contributed by atoms with Gasteiger partial charge in [0.05, 0.1) is 12.3 Å². The van der Waals surface area contributed by atoms with Crippen molar-refractivity contribution in [1.82, 2.24) is 5.43 Å². The number of hydrogen-bond donors (Lipinski definition) is 3. The third-order valence-corrected chi connectivity index (χ3v) is 4.46. The number of carbonyl (C=O) groups is 1. The molecule has 0 spiro atoms. The van der Waals surface area contributed by atoms with Crippen molar-refractivity contribution in [3.05, 3.63) is 95.6 Å². The smallest absolute Gasteiger partial charge is 0.281 e. The number of nitrogens with one attached hydrogen (secondary N) is 1. The summed E-state index contributed by atoms with van der Waals surface area (Å²) in [6.45, 7) is 3.78. The first-order valence-corrected chi connectivity index (χ1v) is 9.58. The number of nitrogens with zero attached hydrogens (tertiary/aromatic N) is 1. The quantitative estimate of drug-likeness (QED) is 0.415. The second-order valence-corrected chi connectivity index (χ2v) is 7.03. The molecule has 0 saturated heterocycles. The predicted molar refractivity (Wildman–Crippen MR) is 115 cm³/mol. The van der Waals surface area contributed by atoms with Gasteiger partial charge >= 0.3 is 0 Å². The van der Waals surface area contributed by atoms with Crippen molar-refractivity contribution in [3.8, 4) is 11.5 Å². The zero-order valence-electron chi connectivity index (χ0n) is 16.8. The lowest BCUT2D eigenvalue weighted by Crippen LogP contribution is -2.43. The molecule has 1 amide bonds. The van der Waals surface area contributed by atoms with Crippen LogP contribution in [0.4, 0.5) is 0 Å². The van der Waals surface area contributed by atoms with Crippen molar-refractivity contribution in [3.63, 3.8) is 0 Å². The molecule has 0 aliphatic rings. The molecule has 154 valence electrons. The van der Waals surface area contributed by atoms with Crippen LogP contribution >= 0.6 is 0 Å². The normalized spacial score (nSPS) is 11.6. The maximum atomic E-state index is 13.0. The number of aromatic hydroxyl groups is 1. The molecule has 0 radical (unpaired) electrons. The molecule has 0 aliphatic heterocycles. The van der Waals surface area contributed by atoms with Gasteiger partial charge in [0.1, 0.15) is 11.5 Å². The summed E-state index contributed by atoms with van der Waals surface area (Å²) in [7, 11) is 0. The second-order valence-electron chi connectivity index (χ2n) is 7.03. The van der Waals surface area contributed by atoms with Crippen molar-refractivity contribution >= 4 is 12.1 Å². The largest absolute Gasteiger partial charge is 0.507 e. The lowest BCUT2D eigenvalue weighted by molar-refractivity contribution is -0.136. The Morgan fingerprint density at radius 1 is 1.00 bits per heavy atom. The van der Waals surface area contributed by atoms with Gasteiger partial charge in [-0.25, -0.2) is 5.43 Å². The van der Waals surface area contributed by atoms with Crippen LogP contribution in [0.2, 0.25) is 0 Å². The molecule has 3 N–H and O–H groups in total. The first-order chi connectivity index (χ1) is 14.4. The van der Waals surface area contributed by atoms with Gasteiger partial charge in [0.25, 0.3) is 5.91 Å². The van der Waals surface area contributed by atoms with E-state index in [1.165, 1.54) is 12.3 Å². The number of hydrogen-bond acceptors (Lipinski definition) is 5. The first-order valence-electron chi connectivity index (χ1n) is 9.58. The molecule has 0 unspecified atom stereocenters. The maximum Gasteiger partial charge on any atom is 0.281 e. The summed E-state index contributed by atoms with van der Waals surface area (Å²) in [4.78, 5) is 13.0. The zero-order valence-corrected chi connectivity index (χ0v) is 16.8. The van der Waals surface area contributed by atoms with Gasteiger partial charge in [-0.2, -0.15) is 5.10 Å². The van der Waals surface area contributed by atoms with Gasteiger partial charge in [0.2, 0.25) is 0 Å². The SMILES string of the molecule is CC(C)Oc1ccc(/C=N/NC(=O)C(O)(c2ccccc2)c2ccccc2)c(O)c1. The van der Waals surface area contributed by atoms with E-state index < -0.39 is 11.5 Å². The van der Waals surface area contributed by atoms with Gasteiger partial charge in [0.15, 0.2) is 5.60 Å². The Morgan fingerprint density at radius 2 is 1.57 bits per heavy atom. The van der Waals surface area contributed by atoms with Crippen molar-refractivity contribution in [2.75, 3.05) is 0 Å². The Balaban J connectivity index is 1.82. The minimum absolute atomic E-state index is 0.0168. The number of aliphatic hydroxyl groups is 1. The van der Waals surface area contributed by atoms with Crippen molar-refractivity contribution < 1.29 is 19.7 Å². The number of amides is 1. The van der Waals surface area contributed by atoms with Crippen LogP contribution in [0.1, 0.15) is 30.5 Å². The number of carbonyl (C=O) groups excluding carboxylic acids is 1. The Labute approximate surface area is 175 Å². The standard InChI is InChI=1S/C24H24N2O4/c1-17(2)30-21-14-13-18(22(27)15-21)16-25-26-23(28)24(29,19-9-5-3-6-10-19)20-11-7-4-8-12-20/h3-17,27,29H,1-2H3,(H,26,28)/b25-16+. The van der Waals surface area contributed by atoms with Crippen LogP contribution < -0.4 is 10.2 Å². The van der Waals surface area contributed by atoms with Crippen LogP contribution in [0, 0.1) is 0 Å². The van der Waals surface area contributed by atoms with Crippen LogP contribution in [-0.4, -0.2) is 28.4 Å². The number of hydrazone groups is 1. The fourth-order valence-corrected chi connectivity index (χ4v) is 3.01. The summed E-state index contributed by atoms with van der Waals surface area (Å²) in [5.41, 5.74) is 1.70. The molecular formula is C24H24N2O4. The Hall–Kier alpha value is -3.64. The fraction of sp³-hybridized carbons (Fsp3) is 0.167. The third kappa shape index (κ3) is 4.67. The van der Waals surface area contributed by atoms with E-state index in [1.54, 1.807) is 72.8 Å². The van der Waals surface area contributed by atoms with Crippen molar-refractivity contribution in [2.45, 2.75) is 25.6 Å². The average Bonchev–Trinajstić information content (AvgIpc) is 2.75. The van der Waals surface area contributed by atoms with E-state index in [9.17, 15) is 15.0 Å². The second kappa shape index (κ2) is 9.24. The minimum atomic E-state index is -1.92. The van der Waals surface area contributed by atoms with Gasteiger partial charge in [0, 0.05) is 11.6 Å². The topological polar surface area (TPSA) is 91.2 Å². The fourth-order valence-electron chi connectivity index (χ4n) is 3.01. The number of phenols is 1. The number of benzene rings is 3. The predicted octanol–water partition coefficient (Wildman–Crippen LogP) is 3.57. The molecule has 0 fully saturated rings. The molecule has 3 aromatic rings. The van der Waals surface area contributed by atoms with E-state index in [4.69, 9.17) is 4.74 Å². The summed E-state index contributed by atoms with van der Waals surface area (Å²) in [6, 6.07) is 22.1. The highest BCUT2D eigenvalue weighted by Gasteiger charge is 2.39. The number of ether oxygens (including phenoxy) is 1. The van der Waals surface area contributed by atoms with Gasteiger partial charge in [-0.05, 0) is 37.1 Å². The molecule has 6 nitrogen and oxygen atoms in total. The zero-order chi connectivity index (χ0) is 21.6. The van der Waals surface area contributed by atoms with E-state index in [0.717, 1.165) is 0 Å². The minimum Gasteiger partial charge on any atom is -0.507 e. The van der Waals surface area contributed by atoms with E-state index in [2.05, 4.69) is 10.5 Å². The maximum absolute atomic E-state index is 13.0. The molecular weight excluding hydrogens is 380 g/mol. The highest BCUT2D eigenvalue weighted by molar-refractivity contribution is 5.91. The molecule has 0 atom stereocenters. The molecule has 30 heavy (non-hydrogen) atoms. The van der Waals surface area contributed by atoms with E-state index in [1.807, 2.05) is 13.8 Å². The molecule has 6 heteroatoms. The van der Waals surface area contributed by atoms with Crippen molar-refractivity contribution in [2.24, 2.45) is 5.10 Å². The lowest BCUT2D eigenvalue weighted by atomic mass is 9.85. The molecule has 0 saturated carbocycles. The summed E-state index contributed by atoms with van der Waals surface area (Å²) < 4.78 is 5.53. The summed E-state index contributed by atoms with van der Waals surface area (Å²) >= 11 is 0. The average molecular weight is 404 g/mol. The van der Waals surface area contributed by atoms with E-state index >= 15 is 0 Å². The Morgan fingerprint density at radius 3 is 2.07 bits per heavy atom.